The van der Waals surface area contributed by atoms with E-state index in [2.05, 4.69) is 5.32 Å². The largest absolute Gasteiger partial charge is 0.454 e. The van der Waals surface area contributed by atoms with Crippen molar-refractivity contribution in [1.82, 2.24) is 0 Å². The lowest BCUT2D eigenvalue weighted by Gasteiger charge is -2.15. The van der Waals surface area contributed by atoms with E-state index in [1.807, 2.05) is 6.07 Å². The van der Waals surface area contributed by atoms with E-state index >= 15 is 0 Å². The first-order valence-electron chi connectivity index (χ1n) is 5.83. The fraction of sp³-hybridized carbons (Fsp3) is 0.500. The second-order valence-corrected chi connectivity index (χ2v) is 5.01. The van der Waals surface area contributed by atoms with Crippen molar-refractivity contribution in [3.63, 3.8) is 0 Å². The fourth-order valence-electron chi connectivity index (χ4n) is 2.40. The third-order valence-electron chi connectivity index (χ3n) is 3.30. The summed E-state index contributed by atoms with van der Waals surface area (Å²) in [5.74, 6) is 1.46. The maximum atomic E-state index is 6.19. The van der Waals surface area contributed by atoms with Crippen LogP contribution in [-0.2, 0) is 0 Å². The first-order chi connectivity index (χ1) is 8.22. The van der Waals surface area contributed by atoms with Gasteiger partial charge >= 0.3 is 0 Å². The van der Waals surface area contributed by atoms with Crippen molar-refractivity contribution in [3.8, 4) is 11.5 Å². The van der Waals surface area contributed by atoms with Crippen LogP contribution < -0.4 is 20.5 Å². The van der Waals surface area contributed by atoms with Gasteiger partial charge in [0.05, 0.1) is 10.7 Å². The zero-order valence-electron chi connectivity index (χ0n) is 9.41. The molecule has 0 radical (unpaired) electrons. The van der Waals surface area contributed by atoms with Gasteiger partial charge in [0.1, 0.15) is 0 Å². The van der Waals surface area contributed by atoms with Crippen molar-refractivity contribution in [1.29, 1.82) is 0 Å². The van der Waals surface area contributed by atoms with Gasteiger partial charge in [-0.15, -0.1) is 0 Å². The van der Waals surface area contributed by atoms with E-state index in [1.54, 1.807) is 6.07 Å². The van der Waals surface area contributed by atoms with Gasteiger partial charge in [0.25, 0.3) is 0 Å². The summed E-state index contributed by atoms with van der Waals surface area (Å²) in [7, 11) is 0. The molecule has 0 saturated heterocycles. The van der Waals surface area contributed by atoms with Gasteiger partial charge < -0.3 is 20.5 Å². The molecule has 1 saturated carbocycles. The quantitative estimate of drug-likeness (QED) is 0.851. The normalized spacial score (nSPS) is 26.2. The Morgan fingerprint density at radius 2 is 2.00 bits per heavy atom. The fourth-order valence-corrected chi connectivity index (χ4v) is 2.60. The molecule has 2 unspecified atom stereocenters. The first kappa shape index (κ1) is 11.0. The van der Waals surface area contributed by atoms with Crippen LogP contribution in [0, 0.1) is 0 Å². The van der Waals surface area contributed by atoms with E-state index in [-0.39, 0.29) is 6.79 Å². The van der Waals surface area contributed by atoms with Crippen LogP contribution in [-0.4, -0.2) is 18.9 Å². The summed E-state index contributed by atoms with van der Waals surface area (Å²) in [6.45, 7) is 0.267. The van der Waals surface area contributed by atoms with E-state index in [4.69, 9.17) is 26.8 Å². The number of nitrogens with one attached hydrogen (secondary N) is 1. The molecule has 3 rings (SSSR count). The number of hydrogen-bond acceptors (Lipinski definition) is 4. The van der Waals surface area contributed by atoms with Crippen molar-refractivity contribution in [2.24, 2.45) is 5.73 Å². The molecule has 2 atom stereocenters. The Hall–Kier alpha value is -1.13. The smallest absolute Gasteiger partial charge is 0.231 e. The number of halogens is 1. The van der Waals surface area contributed by atoms with E-state index < -0.39 is 0 Å². The molecule has 5 heteroatoms. The van der Waals surface area contributed by atoms with Crippen molar-refractivity contribution >= 4 is 17.3 Å². The van der Waals surface area contributed by atoms with Crippen LogP contribution in [0.2, 0.25) is 5.02 Å². The number of benzene rings is 1. The highest BCUT2D eigenvalue weighted by atomic mass is 35.5. The van der Waals surface area contributed by atoms with Gasteiger partial charge in [-0.2, -0.15) is 0 Å². The zero-order valence-corrected chi connectivity index (χ0v) is 10.2. The number of rotatable bonds is 2. The van der Waals surface area contributed by atoms with Crippen molar-refractivity contribution in [3.05, 3.63) is 17.2 Å². The average molecular weight is 255 g/mol. The zero-order chi connectivity index (χ0) is 11.8. The van der Waals surface area contributed by atoms with Crippen LogP contribution in [0.4, 0.5) is 5.69 Å². The molecule has 0 aromatic heterocycles. The monoisotopic (exact) mass is 254 g/mol. The maximum absolute atomic E-state index is 6.19. The molecule has 0 amide bonds. The summed E-state index contributed by atoms with van der Waals surface area (Å²) in [5.41, 5.74) is 6.79. The molecule has 17 heavy (non-hydrogen) atoms. The Kier molecular flexibility index (Phi) is 2.76. The first-order valence-corrected chi connectivity index (χ1v) is 6.21. The van der Waals surface area contributed by atoms with Crippen LogP contribution >= 0.6 is 11.6 Å². The highest BCUT2D eigenvalue weighted by Crippen LogP contribution is 2.40. The number of hydrogen-bond donors (Lipinski definition) is 2. The molecule has 1 aromatic rings. The van der Waals surface area contributed by atoms with Crippen molar-refractivity contribution in [2.45, 2.75) is 31.3 Å². The lowest BCUT2D eigenvalue weighted by Crippen LogP contribution is -2.20. The van der Waals surface area contributed by atoms with E-state index in [1.165, 1.54) is 0 Å². The van der Waals surface area contributed by atoms with Crippen LogP contribution in [0.5, 0.6) is 11.5 Å². The Morgan fingerprint density at radius 1 is 1.24 bits per heavy atom. The average Bonchev–Trinajstić information content (AvgIpc) is 2.88. The van der Waals surface area contributed by atoms with E-state index in [0.717, 1.165) is 30.7 Å². The summed E-state index contributed by atoms with van der Waals surface area (Å²) >= 11 is 6.19. The van der Waals surface area contributed by atoms with Gasteiger partial charge in [-0.25, -0.2) is 0 Å². The third kappa shape index (κ3) is 2.15. The molecule has 1 aromatic carbocycles. The summed E-state index contributed by atoms with van der Waals surface area (Å²) in [6.07, 6.45) is 3.15. The maximum Gasteiger partial charge on any atom is 0.231 e. The van der Waals surface area contributed by atoms with Crippen LogP contribution in [0.3, 0.4) is 0 Å². The molecule has 1 heterocycles. The van der Waals surface area contributed by atoms with Gasteiger partial charge in [-0.05, 0) is 19.3 Å². The minimum absolute atomic E-state index is 0.267. The topological polar surface area (TPSA) is 56.5 Å². The molecular formula is C12H15ClN2O2. The molecule has 1 aliphatic carbocycles. The number of fused-ring (bicyclic) bond motifs is 1. The van der Waals surface area contributed by atoms with Gasteiger partial charge in [-0.1, -0.05) is 11.6 Å². The van der Waals surface area contributed by atoms with Gasteiger partial charge in [-0.3, -0.25) is 0 Å². The second kappa shape index (κ2) is 4.27. The summed E-state index contributed by atoms with van der Waals surface area (Å²) in [6, 6.07) is 4.40. The minimum atomic E-state index is 0.267. The standard InChI is InChI=1S/C12H15ClN2O2/c13-9-4-11-12(17-6-16-11)5-10(9)15-8-2-1-7(14)3-8/h4-5,7-8,15H,1-3,6,14H2. The Bertz CT molecular complexity index is 439. The lowest BCUT2D eigenvalue weighted by atomic mass is 10.2. The molecule has 0 spiro atoms. The van der Waals surface area contributed by atoms with Crippen LogP contribution in [0.1, 0.15) is 19.3 Å². The highest BCUT2D eigenvalue weighted by molar-refractivity contribution is 6.33. The lowest BCUT2D eigenvalue weighted by molar-refractivity contribution is 0.174. The molecule has 3 N–H and O–H groups in total. The van der Waals surface area contributed by atoms with E-state index in [0.29, 0.717) is 22.9 Å². The molecule has 4 nitrogen and oxygen atoms in total. The highest BCUT2D eigenvalue weighted by Gasteiger charge is 2.23. The summed E-state index contributed by atoms with van der Waals surface area (Å²) < 4.78 is 10.6. The molecular weight excluding hydrogens is 240 g/mol. The minimum Gasteiger partial charge on any atom is -0.454 e. The Morgan fingerprint density at radius 3 is 2.71 bits per heavy atom. The molecule has 92 valence electrons. The summed E-state index contributed by atoms with van der Waals surface area (Å²) in [5, 5.41) is 4.08. The number of ether oxygens (including phenoxy) is 2. The van der Waals surface area contributed by atoms with Crippen molar-refractivity contribution < 1.29 is 9.47 Å². The Balaban J connectivity index is 1.79. The molecule has 1 aliphatic heterocycles. The molecule has 1 fully saturated rings. The van der Waals surface area contributed by atoms with Crippen molar-refractivity contribution in [2.75, 3.05) is 12.1 Å². The van der Waals surface area contributed by atoms with Gasteiger partial charge in [0.15, 0.2) is 11.5 Å². The number of anilines is 1. The molecule has 0 bridgehead atoms. The van der Waals surface area contributed by atoms with Crippen LogP contribution in [0.15, 0.2) is 12.1 Å². The number of nitrogens with two attached hydrogens (primary N) is 1. The van der Waals surface area contributed by atoms with Gasteiger partial charge in [0, 0.05) is 24.2 Å². The predicted octanol–water partition coefficient (Wildman–Crippen LogP) is 2.36. The predicted molar refractivity (Wildman–Crippen MR) is 66.8 cm³/mol. The second-order valence-electron chi connectivity index (χ2n) is 4.60. The summed E-state index contributed by atoms with van der Waals surface area (Å²) in [4.78, 5) is 0. The Labute approximate surface area is 105 Å². The SMILES string of the molecule is NC1CCC(Nc2cc3c(cc2Cl)OCO3)C1. The third-order valence-corrected chi connectivity index (χ3v) is 3.61. The molecule has 2 aliphatic rings. The van der Waals surface area contributed by atoms with Crippen LogP contribution in [0.25, 0.3) is 0 Å². The van der Waals surface area contributed by atoms with Gasteiger partial charge in [0.2, 0.25) is 6.79 Å². The van der Waals surface area contributed by atoms with E-state index in [9.17, 15) is 0 Å².